The van der Waals surface area contributed by atoms with Gasteiger partial charge in [-0.1, -0.05) is 29.2 Å². The van der Waals surface area contributed by atoms with Gasteiger partial charge in [0.05, 0.1) is 23.6 Å². The highest BCUT2D eigenvalue weighted by molar-refractivity contribution is 7.96. The Morgan fingerprint density at radius 1 is 1.19 bits per heavy atom. The molecule has 3 heterocycles. The van der Waals surface area contributed by atoms with E-state index in [-0.39, 0.29) is 6.61 Å². The molecule has 37 heavy (non-hydrogen) atoms. The van der Waals surface area contributed by atoms with Crippen molar-refractivity contribution in [1.29, 1.82) is 0 Å². The highest BCUT2D eigenvalue weighted by atomic mass is 32.2. The fourth-order valence-corrected chi connectivity index (χ4v) is 5.07. The third kappa shape index (κ3) is 6.81. The molecule has 2 aromatic heterocycles. The molecule has 0 saturated carbocycles. The van der Waals surface area contributed by atoms with Crippen LogP contribution in [0.3, 0.4) is 0 Å². The zero-order valence-corrected chi connectivity index (χ0v) is 23.1. The summed E-state index contributed by atoms with van der Waals surface area (Å²) in [6.07, 6.45) is 3.74. The summed E-state index contributed by atoms with van der Waals surface area (Å²) in [4.78, 5) is 9.77. The summed E-state index contributed by atoms with van der Waals surface area (Å²) >= 11 is 1.81. The first-order valence-electron chi connectivity index (χ1n) is 12.7. The van der Waals surface area contributed by atoms with Gasteiger partial charge >= 0.3 is 0 Å². The Morgan fingerprint density at radius 3 is 2.65 bits per heavy atom. The fourth-order valence-electron chi connectivity index (χ4n) is 4.50. The van der Waals surface area contributed by atoms with Crippen LogP contribution in [-0.2, 0) is 0 Å². The third-order valence-electron chi connectivity index (χ3n) is 6.63. The first kappa shape index (κ1) is 27.4. The number of aliphatic hydroxyl groups is 1. The minimum Gasteiger partial charge on any atom is -0.491 e. The lowest BCUT2D eigenvalue weighted by Crippen LogP contribution is -2.31. The maximum atomic E-state index is 10.0. The van der Waals surface area contributed by atoms with E-state index >= 15 is 0 Å². The number of nitrogens with one attached hydrogen (secondary N) is 1. The molecule has 0 bridgehead atoms. The maximum Gasteiger partial charge on any atom is 0.220 e. The zero-order chi connectivity index (χ0) is 26.4. The van der Waals surface area contributed by atoms with Crippen molar-refractivity contribution in [1.82, 2.24) is 24.7 Å². The Hall–Kier alpha value is -2.66. The van der Waals surface area contributed by atoms with Crippen LogP contribution in [-0.4, -0.2) is 76.8 Å². The molecule has 10 heteroatoms. The summed E-state index contributed by atoms with van der Waals surface area (Å²) in [6.45, 7) is 9.20. The van der Waals surface area contributed by atoms with Crippen LogP contribution >= 0.6 is 11.9 Å². The number of nitrogens with zero attached hydrogens (tertiary/aromatic N) is 4. The highest BCUT2D eigenvalue weighted by Gasteiger charge is 2.23. The van der Waals surface area contributed by atoms with Crippen molar-refractivity contribution in [2.45, 2.75) is 39.7 Å². The van der Waals surface area contributed by atoms with Crippen molar-refractivity contribution in [3.8, 4) is 34.3 Å². The van der Waals surface area contributed by atoms with Crippen molar-refractivity contribution < 1.29 is 19.1 Å². The Kier molecular flexibility index (Phi) is 9.42. The first-order valence-corrected chi connectivity index (χ1v) is 13.9. The van der Waals surface area contributed by atoms with Gasteiger partial charge in [0.15, 0.2) is 5.82 Å². The smallest absolute Gasteiger partial charge is 0.220 e. The number of aromatic nitrogens is 3. The van der Waals surface area contributed by atoms with E-state index in [1.165, 1.54) is 0 Å². The molecule has 0 spiro atoms. The van der Waals surface area contributed by atoms with Gasteiger partial charge in [-0.05, 0) is 65.0 Å². The molecule has 1 aliphatic rings. The number of rotatable bonds is 11. The summed E-state index contributed by atoms with van der Waals surface area (Å²) < 4.78 is 20.0. The Labute approximate surface area is 223 Å². The molecule has 1 unspecified atom stereocenters. The highest BCUT2D eigenvalue weighted by Crippen LogP contribution is 2.35. The number of ether oxygens (including phenoxy) is 2. The largest absolute Gasteiger partial charge is 0.491 e. The quantitative estimate of drug-likeness (QED) is 0.355. The van der Waals surface area contributed by atoms with Gasteiger partial charge in [-0.25, -0.2) is 4.98 Å². The summed E-state index contributed by atoms with van der Waals surface area (Å²) in [5.41, 5.74) is 4.05. The second-order valence-corrected chi connectivity index (χ2v) is 10.3. The van der Waals surface area contributed by atoms with Gasteiger partial charge in [-0.15, -0.1) is 0 Å². The van der Waals surface area contributed by atoms with Crippen molar-refractivity contribution in [2.24, 2.45) is 5.92 Å². The molecule has 2 N–H and O–H groups in total. The van der Waals surface area contributed by atoms with Crippen LogP contribution in [0.4, 0.5) is 0 Å². The molecule has 1 aliphatic heterocycles. The molecule has 3 aromatic rings. The van der Waals surface area contributed by atoms with Crippen molar-refractivity contribution in [3.63, 3.8) is 0 Å². The van der Waals surface area contributed by atoms with Gasteiger partial charge in [0.25, 0.3) is 0 Å². The van der Waals surface area contributed by atoms with E-state index in [2.05, 4.69) is 21.0 Å². The molecule has 200 valence electrons. The van der Waals surface area contributed by atoms with Crippen molar-refractivity contribution >= 4 is 11.9 Å². The molecule has 0 amide bonds. The van der Waals surface area contributed by atoms with E-state index in [0.29, 0.717) is 42.3 Å². The molecule has 1 saturated heterocycles. The second kappa shape index (κ2) is 12.7. The van der Waals surface area contributed by atoms with E-state index in [4.69, 9.17) is 24.0 Å². The number of aryl methyl sites for hydroxylation is 2. The standard InChI is InChI=1S/C27H37N5O4S/c1-17-25(24-18(2)31-36-19(24)3)29-26(21-7-6-8-23(13-21)34-16-22(33)14-28-4)30-27(17)35-15-20-9-11-32(37-5)12-10-20/h6-8,13,20,22,28,33H,9-12,14-16H2,1-5H3. The summed E-state index contributed by atoms with van der Waals surface area (Å²) in [6, 6.07) is 7.59. The number of piperidine rings is 1. The van der Waals surface area contributed by atoms with Crippen LogP contribution in [0, 0.1) is 26.7 Å². The summed E-state index contributed by atoms with van der Waals surface area (Å²) in [7, 11) is 1.79. The Morgan fingerprint density at radius 2 is 1.97 bits per heavy atom. The van der Waals surface area contributed by atoms with Crippen LogP contribution in [0.2, 0.25) is 0 Å². The van der Waals surface area contributed by atoms with E-state index in [0.717, 1.165) is 54.0 Å². The number of aliphatic hydroxyl groups excluding tert-OH is 1. The first-order chi connectivity index (χ1) is 17.9. The Balaban J connectivity index is 1.63. The van der Waals surface area contributed by atoms with Crippen molar-refractivity contribution in [2.75, 3.05) is 46.2 Å². The molecule has 9 nitrogen and oxygen atoms in total. The molecule has 1 fully saturated rings. The number of likely N-dealkylation sites (N-methyl/N-ethyl adjacent to an activating group) is 1. The fraction of sp³-hybridized carbons (Fsp3) is 0.519. The molecule has 4 rings (SSSR count). The Bertz CT molecular complexity index is 1160. The van der Waals surface area contributed by atoms with Crippen LogP contribution in [0.1, 0.15) is 29.9 Å². The van der Waals surface area contributed by atoms with Gasteiger partial charge in [-0.2, -0.15) is 4.98 Å². The van der Waals surface area contributed by atoms with Crippen LogP contribution in [0.5, 0.6) is 11.6 Å². The lowest BCUT2D eigenvalue weighted by molar-refractivity contribution is 0.108. The number of hydrogen-bond donors (Lipinski definition) is 2. The van der Waals surface area contributed by atoms with Crippen LogP contribution in [0.25, 0.3) is 22.6 Å². The molecule has 1 atom stereocenters. The SMILES string of the molecule is CNCC(O)COc1cccc(-c2nc(OCC3CCN(SC)CC3)c(C)c(-c3c(C)noc3C)n2)c1. The maximum absolute atomic E-state index is 10.0. The van der Waals surface area contributed by atoms with Crippen LogP contribution in [0.15, 0.2) is 28.8 Å². The average molecular weight is 528 g/mol. The second-order valence-electron chi connectivity index (χ2n) is 9.44. The van der Waals surface area contributed by atoms with E-state index in [9.17, 15) is 5.11 Å². The van der Waals surface area contributed by atoms with Gasteiger partial charge in [0, 0.05) is 30.8 Å². The van der Waals surface area contributed by atoms with Gasteiger partial charge in [0.2, 0.25) is 5.88 Å². The van der Waals surface area contributed by atoms with E-state index < -0.39 is 6.10 Å². The zero-order valence-electron chi connectivity index (χ0n) is 22.3. The number of hydrogen-bond acceptors (Lipinski definition) is 10. The predicted molar refractivity (Wildman–Crippen MR) is 146 cm³/mol. The van der Waals surface area contributed by atoms with Crippen molar-refractivity contribution in [3.05, 3.63) is 41.3 Å². The monoisotopic (exact) mass is 527 g/mol. The lowest BCUT2D eigenvalue weighted by atomic mass is 9.99. The van der Waals surface area contributed by atoms with E-state index in [1.807, 2.05) is 45.0 Å². The third-order valence-corrected chi connectivity index (χ3v) is 7.51. The molecule has 0 aliphatic carbocycles. The predicted octanol–water partition coefficient (Wildman–Crippen LogP) is 4.05. The summed E-state index contributed by atoms with van der Waals surface area (Å²) in [5.74, 6) is 2.94. The molecular weight excluding hydrogens is 490 g/mol. The molecule has 1 aromatic carbocycles. The summed E-state index contributed by atoms with van der Waals surface area (Å²) in [5, 5.41) is 17.1. The molecule has 0 radical (unpaired) electrons. The van der Waals surface area contributed by atoms with Gasteiger partial charge in [0.1, 0.15) is 24.2 Å². The number of benzene rings is 1. The van der Waals surface area contributed by atoms with Crippen LogP contribution < -0.4 is 14.8 Å². The van der Waals surface area contributed by atoms with Gasteiger partial charge in [-0.3, -0.25) is 4.31 Å². The van der Waals surface area contributed by atoms with E-state index in [1.54, 1.807) is 19.0 Å². The normalized spacial score (nSPS) is 15.6. The minimum absolute atomic E-state index is 0.188. The molecular formula is C27H37N5O4S. The average Bonchev–Trinajstić information content (AvgIpc) is 3.25. The lowest BCUT2D eigenvalue weighted by Gasteiger charge is -2.29. The van der Waals surface area contributed by atoms with Gasteiger partial charge < -0.3 is 24.4 Å². The minimum atomic E-state index is -0.599. The topological polar surface area (TPSA) is 106 Å².